The topological polar surface area (TPSA) is 40.5 Å². The van der Waals surface area contributed by atoms with Crippen LogP contribution in [0.15, 0.2) is 18.2 Å². The van der Waals surface area contributed by atoms with E-state index in [2.05, 4.69) is 4.90 Å². The first kappa shape index (κ1) is 13.3. The van der Waals surface area contributed by atoms with E-state index in [4.69, 9.17) is 16.7 Å². The molecule has 1 unspecified atom stereocenters. The first-order chi connectivity index (χ1) is 8.54. The average Bonchev–Trinajstić information content (AvgIpc) is 2.69. The van der Waals surface area contributed by atoms with Crippen molar-refractivity contribution in [1.29, 1.82) is 0 Å². The fourth-order valence-electron chi connectivity index (χ4n) is 2.36. The Labute approximate surface area is 110 Å². The van der Waals surface area contributed by atoms with Gasteiger partial charge in [-0.15, -0.1) is 0 Å². The van der Waals surface area contributed by atoms with Crippen LogP contribution in [0, 0.1) is 11.7 Å². The molecule has 1 N–H and O–H groups in total. The Morgan fingerprint density at radius 1 is 1.56 bits per heavy atom. The van der Waals surface area contributed by atoms with Crippen molar-refractivity contribution in [2.75, 3.05) is 13.1 Å². The highest BCUT2D eigenvalue weighted by molar-refractivity contribution is 6.30. The SMILES string of the molecule is O=C(O)CC1CCN(Cc2ccc(Cl)cc2F)C1. The fraction of sp³-hybridized carbons (Fsp3) is 0.462. The van der Waals surface area contributed by atoms with Gasteiger partial charge < -0.3 is 5.11 Å². The van der Waals surface area contributed by atoms with Crippen LogP contribution in [-0.4, -0.2) is 29.1 Å². The number of hydrogen-bond acceptors (Lipinski definition) is 2. The number of benzene rings is 1. The minimum atomic E-state index is -0.764. The number of carbonyl (C=O) groups is 1. The lowest BCUT2D eigenvalue weighted by atomic mass is 10.1. The molecule has 3 nitrogen and oxygen atoms in total. The number of nitrogens with zero attached hydrogens (tertiary/aromatic N) is 1. The third-order valence-corrected chi connectivity index (χ3v) is 3.48. The van der Waals surface area contributed by atoms with Crippen LogP contribution in [0.25, 0.3) is 0 Å². The summed E-state index contributed by atoms with van der Waals surface area (Å²) in [4.78, 5) is 12.7. The molecule has 0 aromatic heterocycles. The summed E-state index contributed by atoms with van der Waals surface area (Å²) in [6.07, 6.45) is 1.06. The van der Waals surface area contributed by atoms with Crippen molar-refractivity contribution in [2.45, 2.75) is 19.4 Å². The third kappa shape index (κ3) is 3.43. The molecule has 1 aliphatic rings. The highest BCUT2D eigenvalue weighted by Gasteiger charge is 2.24. The van der Waals surface area contributed by atoms with Gasteiger partial charge in [-0.2, -0.15) is 0 Å². The lowest BCUT2D eigenvalue weighted by Gasteiger charge is -2.16. The van der Waals surface area contributed by atoms with Crippen molar-refractivity contribution in [2.24, 2.45) is 5.92 Å². The van der Waals surface area contributed by atoms with Gasteiger partial charge in [0, 0.05) is 30.1 Å². The third-order valence-electron chi connectivity index (χ3n) is 3.24. The molecule has 0 saturated carbocycles. The maximum atomic E-state index is 13.6. The van der Waals surface area contributed by atoms with Gasteiger partial charge in [0.15, 0.2) is 0 Å². The zero-order valence-electron chi connectivity index (χ0n) is 9.90. The van der Waals surface area contributed by atoms with Gasteiger partial charge in [0.25, 0.3) is 0 Å². The van der Waals surface area contributed by atoms with E-state index in [0.29, 0.717) is 23.7 Å². The molecule has 0 bridgehead atoms. The van der Waals surface area contributed by atoms with Crippen molar-refractivity contribution in [3.05, 3.63) is 34.6 Å². The highest BCUT2D eigenvalue weighted by atomic mass is 35.5. The lowest BCUT2D eigenvalue weighted by Crippen LogP contribution is -2.21. The summed E-state index contributed by atoms with van der Waals surface area (Å²) < 4.78 is 13.6. The van der Waals surface area contributed by atoms with Crippen LogP contribution in [0.5, 0.6) is 0 Å². The number of likely N-dealkylation sites (tertiary alicyclic amines) is 1. The van der Waals surface area contributed by atoms with Gasteiger partial charge in [-0.25, -0.2) is 4.39 Å². The monoisotopic (exact) mass is 271 g/mol. The smallest absolute Gasteiger partial charge is 0.303 e. The van der Waals surface area contributed by atoms with Crippen molar-refractivity contribution in [3.8, 4) is 0 Å². The van der Waals surface area contributed by atoms with Gasteiger partial charge in [-0.1, -0.05) is 17.7 Å². The Morgan fingerprint density at radius 2 is 2.33 bits per heavy atom. The second kappa shape index (κ2) is 5.67. The predicted octanol–water partition coefficient (Wildman–Crippen LogP) is 2.78. The van der Waals surface area contributed by atoms with Crippen LogP contribution in [-0.2, 0) is 11.3 Å². The van der Waals surface area contributed by atoms with E-state index in [1.54, 1.807) is 12.1 Å². The van der Waals surface area contributed by atoms with Gasteiger partial charge in [-0.3, -0.25) is 9.69 Å². The molecule has 0 radical (unpaired) electrons. The molecule has 5 heteroatoms. The summed E-state index contributed by atoms with van der Waals surface area (Å²) in [5.74, 6) is -0.887. The van der Waals surface area contributed by atoms with Gasteiger partial charge >= 0.3 is 5.97 Å². The highest BCUT2D eigenvalue weighted by Crippen LogP contribution is 2.23. The molecule has 2 rings (SSSR count). The van der Waals surface area contributed by atoms with E-state index in [-0.39, 0.29) is 18.2 Å². The Bertz CT molecular complexity index is 453. The minimum Gasteiger partial charge on any atom is -0.481 e. The quantitative estimate of drug-likeness (QED) is 0.915. The minimum absolute atomic E-state index is 0.179. The van der Waals surface area contributed by atoms with Crippen molar-refractivity contribution >= 4 is 17.6 Å². The van der Waals surface area contributed by atoms with Gasteiger partial charge in [-0.05, 0) is 31.0 Å². The first-order valence-electron chi connectivity index (χ1n) is 5.92. The second-order valence-electron chi connectivity index (χ2n) is 4.72. The summed E-state index contributed by atoms with van der Waals surface area (Å²) >= 11 is 5.70. The lowest BCUT2D eigenvalue weighted by molar-refractivity contribution is -0.138. The zero-order valence-corrected chi connectivity index (χ0v) is 10.7. The van der Waals surface area contributed by atoms with E-state index < -0.39 is 5.97 Å². The molecule has 1 saturated heterocycles. The molecule has 1 heterocycles. The van der Waals surface area contributed by atoms with Crippen molar-refractivity contribution in [3.63, 3.8) is 0 Å². The molecular weight excluding hydrogens is 257 g/mol. The number of aliphatic carboxylic acids is 1. The fourth-order valence-corrected chi connectivity index (χ4v) is 2.52. The Hall–Kier alpha value is -1.13. The summed E-state index contributed by atoms with van der Waals surface area (Å²) in [5.41, 5.74) is 0.607. The normalized spacial score (nSPS) is 20.2. The number of hydrogen-bond donors (Lipinski definition) is 1. The molecule has 18 heavy (non-hydrogen) atoms. The standard InChI is InChI=1S/C13H15ClFNO2/c14-11-2-1-10(12(15)6-11)8-16-4-3-9(7-16)5-13(17)18/h1-2,6,9H,3-5,7-8H2,(H,17,18). The van der Waals surface area contributed by atoms with Crippen LogP contribution in [0.2, 0.25) is 5.02 Å². The maximum Gasteiger partial charge on any atom is 0.303 e. The van der Waals surface area contributed by atoms with E-state index in [0.717, 1.165) is 13.0 Å². The van der Waals surface area contributed by atoms with Crippen LogP contribution in [0.4, 0.5) is 4.39 Å². The molecule has 1 atom stereocenters. The van der Waals surface area contributed by atoms with E-state index in [9.17, 15) is 9.18 Å². The number of carboxylic acids is 1. The molecule has 98 valence electrons. The van der Waals surface area contributed by atoms with Crippen LogP contribution in [0.1, 0.15) is 18.4 Å². The number of carboxylic acid groups (broad SMARTS) is 1. The second-order valence-corrected chi connectivity index (χ2v) is 5.16. The Balaban J connectivity index is 1.93. The molecule has 0 aliphatic carbocycles. The maximum absolute atomic E-state index is 13.6. The van der Waals surface area contributed by atoms with Gasteiger partial charge in [0.05, 0.1) is 0 Å². The predicted molar refractivity (Wildman–Crippen MR) is 67.0 cm³/mol. The Morgan fingerprint density at radius 3 is 3.00 bits per heavy atom. The summed E-state index contributed by atoms with van der Waals surface area (Å²) in [6, 6.07) is 4.66. The summed E-state index contributed by atoms with van der Waals surface area (Å²) in [5, 5.41) is 9.12. The van der Waals surface area contributed by atoms with Crippen LogP contribution in [0.3, 0.4) is 0 Å². The number of rotatable bonds is 4. The molecule has 1 aromatic carbocycles. The zero-order chi connectivity index (χ0) is 13.1. The molecule has 0 spiro atoms. The van der Waals surface area contributed by atoms with E-state index >= 15 is 0 Å². The molecule has 0 amide bonds. The van der Waals surface area contributed by atoms with Gasteiger partial charge in [0.2, 0.25) is 0 Å². The van der Waals surface area contributed by atoms with E-state index in [1.165, 1.54) is 6.07 Å². The Kier molecular flexibility index (Phi) is 4.19. The van der Waals surface area contributed by atoms with Crippen LogP contribution >= 0.6 is 11.6 Å². The summed E-state index contributed by atoms with van der Waals surface area (Å²) in [6.45, 7) is 2.05. The first-order valence-corrected chi connectivity index (χ1v) is 6.30. The summed E-state index contributed by atoms with van der Waals surface area (Å²) in [7, 11) is 0. The molecule has 1 aliphatic heterocycles. The van der Waals surface area contributed by atoms with Gasteiger partial charge in [0.1, 0.15) is 5.82 Å². The average molecular weight is 272 g/mol. The number of halogens is 2. The van der Waals surface area contributed by atoms with E-state index in [1.807, 2.05) is 0 Å². The largest absolute Gasteiger partial charge is 0.481 e. The molecule has 1 fully saturated rings. The molecule has 1 aromatic rings. The molecular formula is C13H15ClFNO2. The van der Waals surface area contributed by atoms with Crippen molar-refractivity contribution in [1.82, 2.24) is 4.90 Å². The van der Waals surface area contributed by atoms with Crippen LogP contribution < -0.4 is 0 Å². The van der Waals surface area contributed by atoms with Crippen molar-refractivity contribution < 1.29 is 14.3 Å².